The first-order valence-electron chi connectivity index (χ1n) is 7.98. The van der Waals surface area contributed by atoms with Crippen molar-refractivity contribution in [1.29, 1.82) is 0 Å². The monoisotopic (exact) mass is 298 g/mol. The van der Waals surface area contributed by atoms with Gasteiger partial charge < -0.3 is 19.1 Å². The summed E-state index contributed by atoms with van der Waals surface area (Å²) in [6, 6.07) is 0.577. The lowest BCUT2D eigenvalue weighted by atomic mass is 9.98. The third-order valence-electron chi connectivity index (χ3n) is 4.78. The van der Waals surface area contributed by atoms with Crippen molar-refractivity contribution < 1.29 is 19.0 Å². The first-order valence-corrected chi connectivity index (χ1v) is 7.98. The van der Waals surface area contributed by atoms with E-state index in [0.717, 1.165) is 39.1 Å². The minimum atomic E-state index is -0.362. The number of carbonyl (C=O) groups excluding carboxylic acids is 1. The molecule has 3 saturated heterocycles. The van der Waals surface area contributed by atoms with Crippen molar-refractivity contribution in [2.75, 3.05) is 59.2 Å². The molecule has 120 valence electrons. The summed E-state index contributed by atoms with van der Waals surface area (Å²) >= 11 is 0. The SMILES string of the molecule is CC(=O)N1CCOC[C@@]2(C1)CN(C1CCOCC1)CCO2. The largest absolute Gasteiger partial charge is 0.381 e. The van der Waals surface area contributed by atoms with Crippen molar-refractivity contribution in [1.82, 2.24) is 9.80 Å². The highest BCUT2D eigenvalue weighted by Gasteiger charge is 2.42. The van der Waals surface area contributed by atoms with Crippen molar-refractivity contribution in [3.63, 3.8) is 0 Å². The Morgan fingerprint density at radius 1 is 1.05 bits per heavy atom. The number of rotatable bonds is 1. The maximum atomic E-state index is 11.7. The van der Waals surface area contributed by atoms with Gasteiger partial charge in [0.1, 0.15) is 5.60 Å². The van der Waals surface area contributed by atoms with Crippen molar-refractivity contribution in [2.24, 2.45) is 0 Å². The molecule has 0 aromatic heterocycles. The summed E-state index contributed by atoms with van der Waals surface area (Å²) in [4.78, 5) is 16.1. The van der Waals surface area contributed by atoms with Crippen LogP contribution in [0.15, 0.2) is 0 Å². The Labute approximate surface area is 126 Å². The van der Waals surface area contributed by atoms with Gasteiger partial charge in [-0.1, -0.05) is 0 Å². The van der Waals surface area contributed by atoms with Crippen LogP contribution in [-0.4, -0.2) is 86.6 Å². The standard InChI is InChI=1S/C15H26N2O4/c1-13(18)16-4-8-20-12-15(10-16)11-17(5-9-21-15)14-2-6-19-7-3-14/h14H,2-12H2,1H3/t15-/m1/s1. The zero-order valence-corrected chi connectivity index (χ0v) is 12.9. The molecule has 0 N–H and O–H groups in total. The summed E-state index contributed by atoms with van der Waals surface area (Å²) in [6.45, 7) is 8.34. The van der Waals surface area contributed by atoms with Gasteiger partial charge in [-0.2, -0.15) is 0 Å². The molecule has 0 aromatic rings. The second kappa shape index (κ2) is 6.60. The highest BCUT2D eigenvalue weighted by molar-refractivity contribution is 5.73. The summed E-state index contributed by atoms with van der Waals surface area (Å²) in [5.41, 5.74) is -0.362. The Morgan fingerprint density at radius 3 is 2.62 bits per heavy atom. The van der Waals surface area contributed by atoms with E-state index in [-0.39, 0.29) is 11.5 Å². The number of amides is 1. The average Bonchev–Trinajstić information content (AvgIpc) is 2.71. The summed E-state index contributed by atoms with van der Waals surface area (Å²) in [5.74, 6) is 0.103. The summed E-state index contributed by atoms with van der Waals surface area (Å²) in [5, 5.41) is 0. The van der Waals surface area contributed by atoms with E-state index in [2.05, 4.69) is 4.90 Å². The molecular weight excluding hydrogens is 272 g/mol. The van der Waals surface area contributed by atoms with Crippen LogP contribution in [0.3, 0.4) is 0 Å². The van der Waals surface area contributed by atoms with Gasteiger partial charge >= 0.3 is 0 Å². The molecule has 0 aliphatic carbocycles. The van der Waals surface area contributed by atoms with Crippen LogP contribution in [0, 0.1) is 0 Å². The van der Waals surface area contributed by atoms with E-state index in [9.17, 15) is 4.79 Å². The molecule has 0 aromatic carbocycles. The maximum absolute atomic E-state index is 11.7. The first kappa shape index (κ1) is 15.2. The third-order valence-corrected chi connectivity index (χ3v) is 4.78. The molecule has 1 atom stereocenters. The van der Waals surface area contributed by atoms with Gasteiger partial charge in [0.05, 0.1) is 26.4 Å². The summed E-state index contributed by atoms with van der Waals surface area (Å²) < 4.78 is 17.3. The van der Waals surface area contributed by atoms with Crippen molar-refractivity contribution in [3.05, 3.63) is 0 Å². The van der Waals surface area contributed by atoms with E-state index in [1.54, 1.807) is 6.92 Å². The molecule has 3 aliphatic heterocycles. The van der Waals surface area contributed by atoms with Crippen molar-refractivity contribution >= 4 is 5.91 Å². The van der Waals surface area contributed by atoms with Crippen LogP contribution in [0.2, 0.25) is 0 Å². The minimum absolute atomic E-state index is 0.103. The maximum Gasteiger partial charge on any atom is 0.219 e. The van der Waals surface area contributed by atoms with Crippen molar-refractivity contribution in [2.45, 2.75) is 31.4 Å². The van der Waals surface area contributed by atoms with E-state index < -0.39 is 0 Å². The molecule has 3 heterocycles. The zero-order chi connectivity index (χ0) is 14.7. The van der Waals surface area contributed by atoms with Crippen molar-refractivity contribution in [3.8, 4) is 0 Å². The highest BCUT2D eigenvalue weighted by Crippen LogP contribution is 2.26. The molecule has 3 fully saturated rings. The predicted octanol–water partition coefficient (Wildman–Crippen LogP) is 0.115. The van der Waals surface area contributed by atoms with E-state index >= 15 is 0 Å². The molecule has 1 amide bonds. The number of hydrogen-bond donors (Lipinski definition) is 0. The molecule has 0 bridgehead atoms. The first-order chi connectivity index (χ1) is 10.2. The normalized spacial score (nSPS) is 33.1. The molecule has 21 heavy (non-hydrogen) atoms. The van der Waals surface area contributed by atoms with Gasteiger partial charge in [0.15, 0.2) is 0 Å². The molecule has 6 heteroatoms. The third kappa shape index (κ3) is 3.56. The van der Waals surface area contributed by atoms with Gasteiger partial charge in [0.2, 0.25) is 5.91 Å². The van der Waals surface area contributed by atoms with E-state index in [1.807, 2.05) is 4.90 Å². The highest BCUT2D eigenvalue weighted by atomic mass is 16.5. The average molecular weight is 298 g/mol. The molecule has 0 saturated carbocycles. The smallest absolute Gasteiger partial charge is 0.219 e. The van der Waals surface area contributed by atoms with E-state index in [1.165, 1.54) is 0 Å². The van der Waals surface area contributed by atoms with Gasteiger partial charge in [-0.15, -0.1) is 0 Å². The number of carbonyl (C=O) groups is 1. The lowest BCUT2D eigenvalue weighted by molar-refractivity contribution is -0.158. The fourth-order valence-electron chi connectivity index (χ4n) is 3.59. The van der Waals surface area contributed by atoms with Gasteiger partial charge in [-0.05, 0) is 12.8 Å². The quantitative estimate of drug-likeness (QED) is 0.688. The lowest BCUT2D eigenvalue weighted by Gasteiger charge is -2.46. The van der Waals surface area contributed by atoms with Gasteiger partial charge in [-0.3, -0.25) is 9.69 Å². The number of morpholine rings is 1. The van der Waals surface area contributed by atoms with Crippen LogP contribution < -0.4 is 0 Å². The summed E-state index contributed by atoms with van der Waals surface area (Å²) in [6.07, 6.45) is 2.18. The Hall–Kier alpha value is -0.690. The Kier molecular flexibility index (Phi) is 4.78. The minimum Gasteiger partial charge on any atom is -0.381 e. The van der Waals surface area contributed by atoms with Crippen LogP contribution in [-0.2, 0) is 19.0 Å². The molecule has 3 aliphatic rings. The number of hydrogen-bond acceptors (Lipinski definition) is 5. The fraction of sp³-hybridized carbons (Fsp3) is 0.933. The van der Waals surface area contributed by atoms with E-state index in [4.69, 9.17) is 14.2 Å². The molecule has 0 unspecified atom stereocenters. The van der Waals surface area contributed by atoms with Crippen LogP contribution in [0.25, 0.3) is 0 Å². The molecule has 3 rings (SSSR count). The Morgan fingerprint density at radius 2 is 1.86 bits per heavy atom. The second-order valence-electron chi connectivity index (χ2n) is 6.34. The molecule has 6 nitrogen and oxygen atoms in total. The number of ether oxygens (including phenoxy) is 3. The topological polar surface area (TPSA) is 51.2 Å². The lowest BCUT2D eigenvalue weighted by Crippen LogP contribution is -2.61. The van der Waals surface area contributed by atoms with Crippen LogP contribution in [0.5, 0.6) is 0 Å². The fourth-order valence-corrected chi connectivity index (χ4v) is 3.59. The Balaban J connectivity index is 1.68. The van der Waals surface area contributed by atoms with Gasteiger partial charge in [-0.25, -0.2) is 0 Å². The second-order valence-corrected chi connectivity index (χ2v) is 6.34. The van der Waals surface area contributed by atoms with Crippen LogP contribution in [0.1, 0.15) is 19.8 Å². The van der Waals surface area contributed by atoms with E-state index in [0.29, 0.717) is 39.0 Å². The van der Waals surface area contributed by atoms with Crippen LogP contribution >= 0.6 is 0 Å². The van der Waals surface area contributed by atoms with Crippen LogP contribution in [0.4, 0.5) is 0 Å². The zero-order valence-electron chi connectivity index (χ0n) is 12.9. The van der Waals surface area contributed by atoms with Gasteiger partial charge in [0.25, 0.3) is 0 Å². The predicted molar refractivity (Wildman–Crippen MR) is 77.2 cm³/mol. The molecule has 0 radical (unpaired) electrons. The molecular formula is C15H26N2O4. The van der Waals surface area contributed by atoms with Gasteiger partial charge in [0, 0.05) is 45.8 Å². The number of nitrogens with zero attached hydrogens (tertiary/aromatic N) is 2. The Bertz CT molecular complexity index is 373. The molecule has 1 spiro atoms. The summed E-state index contributed by atoms with van der Waals surface area (Å²) in [7, 11) is 0.